The van der Waals surface area contributed by atoms with Gasteiger partial charge in [0.15, 0.2) is 0 Å². The molecule has 0 unspecified atom stereocenters. The van der Waals surface area contributed by atoms with Gasteiger partial charge in [0, 0.05) is 31.7 Å². The average Bonchev–Trinajstić information content (AvgIpc) is 3.85. The normalized spacial score (nSPS) is 15.1. The molecule has 0 N–H and O–H groups in total. The number of nitrogens with zero attached hydrogens (tertiary/aromatic N) is 2. The van der Waals surface area contributed by atoms with Crippen LogP contribution in [0.15, 0.2) is 108 Å². The summed E-state index contributed by atoms with van der Waals surface area (Å²) in [6.45, 7) is 4.33. The van der Waals surface area contributed by atoms with E-state index < -0.39 is 13.3 Å². The third-order valence-corrected chi connectivity index (χ3v) is 16.3. The maximum atomic E-state index is 6.25. The van der Waals surface area contributed by atoms with Gasteiger partial charge in [-0.1, -0.05) is 73.0 Å². The zero-order valence-corrected chi connectivity index (χ0v) is 38.2. The number of benzene rings is 4. The zero-order valence-electron chi connectivity index (χ0n) is 33.7. The number of aryl methyl sites for hydroxylation is 2. The predicted octanol–water partition coefficient (Wildman–Crippen LogP) is 13.6. The van der Waals surface area contributed by atoms with Gasteiger partial charge in [-0.3, -0.25) is 0 Å². The summed E-state index contributed by atoms with van der Waals surface area (Å²) in [6, 6.07) is 39.6. The van der Waals surface area contributed by atoms with Gasteiger partial charge in [-0.25, -0.2) is 0 Å². The molecule has 3 heterocycles. The summed E-state index contributed by atoms with van der Waals surface area (Å²) in [6.07, 6.45) is 17.5. The van der Waals surface area contributed by atoms with E-state index in [1.54, 1.807) is 0 Å². The molecule has 0 saturated heterocycles. The molecule has 9 rings (SSSR count). The van der Waals surface area contributed by atoms with Crippen LogP contribution in [0.2, 0.25) is 17.3 Å². The third-order valence-electron chi connectivity index (χ3n) is 12.1. The van der Waals surface area contributed by atoms with Crippen LogP contribution >= 0.6 is 0 Å². The van der Waals surface area contributed by atoms with Gasteiger partial charge in [-0.05, 0) is 66.3 Å². The van der Waals surface area contributed by atoms with Crippen molar-refractivity contribution in [3.05, 3.63) is 138 Å². The summed E-state index contributed by atoms with van der Waals surface area (Å²) in [5.74, 6) is 8.80. The first-order valence-electron chi connectivity index (χ1n) is 20.6. The molecule has 56 heavy (non-hydrogen) atoms. The summed E-state index contributed by atoms with van der Waals surface area (Å²) in [4.78, 5) is 9.34. The first kappa shape index (κ1) is 40.4. The molecule has 2 aliphatic carbocycles. The van der Waals surface area contributed by atoms with E-state index in [9.17, 15) is 0 Å². The second-order valence-electron chi connectivity index (χ2n) is 17.2. The molecular formula is C51H54GeIrN2O-2. The molecule has 7 aromatic rings. The van der Waals surface area contributed by atoms with E-state index in [0.29, 0.717) is 0 Å². The Bertz CT molecular complexity index is 2380. The van der Waals surface area contributed by atoms with Crippen LogP contribution in [0.5, 0.6) is 0 Å². The van der Waals surface area contributed by atoms with Crippen LogP contribution < -0.4 is 4.40 Å². The van der Waals surface area contributed by atoms with Gasteiger partial charge in [-0.15, -0.1) is 23.8 Å². The quantitative estimate of drug-likeness (QED) is 0.118. The SMILES string of the molecule is Cc1cccc(C)c1-c1ccc2c(c1)oc1c[c-]c(-c3cc(CC4CCCC4)ccn3)cc12.[CH3][Ge]([CH3])([CH3])[c]1ccc(-c2[c-]cc(C3CCCCC3)cc2)nc1.[Ir]. The van der Waals surface area contributed by atoms with E-state index in [1.165, 1.54) is 95.6 Å². The molecule has 2 fully saturated rings. The van der Waals surface area contributed by atoms with Crippen molar-refractivity contribution >= 4 is 39.6 Å². The number of furan rings is 1. The molecule has 0 bridgehead atoms. The van der Waals surface area contributed by atoms with Crippen molar-refractivity contribution in [1.29, 1.82) is 0 Å². The van der Waals surface area contributed by atoms with E-state index >= 15 is 0 Å². The van der Waals surface area contributed by atoms with Crippen LogP contribution in [0.1, 0.15) is 86.0 Å². The summed E-state index contributed by atoms with van der Waals surface area (Å²) in [5.41, 5.74) is 13.9. The monoisotopic (exact) mass is 977 g/mol. The van der Waals surface area contributed by atoms with Gasteiger partial charge in [-0.2, -0.15) is 0 Å². The van der Waals surface area contributed by atoms with Crippen molar-refractivity contribution in [1.82, 2.24) is 9.97 Å². The van der Waals surface area contributed by atoms with E-state index in [-0.39, 0.29) is 20.1 Å². The third kappa shape index (κ3) is 9.15. The van der Waals surface area contributed by atoms with E-state index in [2.05, 4.69) is 144 Å². The smallest absolute Gasteiger partial charge is 0 e. The summed E-state index contributed by atoms with van der Waals surface area (Å²) >= 11 is -1.76. The Balaban J connectivity index is 0.000000183. The van der Waals surface area contributed by atoms with Gasteiger partial charge in [0.25, 0.3) is 0 Å². The Morgan fingerprint density at radius 2 is 1.43 bits per heavy atom. The van der Waals surface area contributed by atoms with Gasteiger partial charge >= 0.3 is 137 Å². The molecule has 0 aliphatic heterocycles. The Morgan fingerprint density at radius 1 is 0.679 bits per heavy atom. The standard InChI is InChI=1S/C31H28NO.C20H26GeN.Ir/c1-20-6-5-7-21(2)31(20)25-10-12-26-27-18-24(11-13-29(27)33-30(26)19-25)28-17-23(14-15-32-28)16-22-8-3-4-9-22;1-21(2,3)19-13-14-20(22-15-19)18-11-9-17(10-12-18)16-7-5-4-6-8-16;/h5-7,10,12-15,17-19,22H,3-4,8-9,16H2,1-2H3;9-11,13-16H,4-8H2,1-3H3;/q2*-1;. The maximum absolute atomic E-state index is 6.25. The van der Waals surface area contributed by atoms with Crippen LogP contribution in [0.4, 0.5) is 0 Å². The Kier molecular flexibility index (Phi) is 12.8. The van der Waals surface area contributed by atoms with Crippen molar-refractivity contribution < 1.29 is 24.5 Å². The number of rotatable bonds is 7. The molecular weight excluding hydrogens is 921 g/mol. The van der Waals surface area contributed by atoms with E-state index in [0.717, 1.165) is 62.7 Å². The molecule has 0 spiro atoms. The molecule has 2 saturated carbocycles. The van der Waals surface area contributed by atoms with E-state index in [4.69, 9.17) is 4.42 Å². The molecule has 3 aromatic heterocycles. The summed E-state index contributed by atoms with van der Waals surface area (Å²) in [7, 11) is 0. The predicted molar refractivity (Wildman–Crippen MR) is 234 cm³/mol. The molecule has 1 radical (unpaired) electrons. The van der Waals surface area contributed by atoms with Crippen molar-refractivity contribution in [2.75, 3.05) is 0 Å². The molecule has 5 heteroatoms. The Morgan fingerprint density at radius 3 is 2.12 bits per heavy atom. The fourth-order valence-electron chi connectivity index (χ4n) is 8.87. The topological polar surface area (TPSA) is 38.9 Å². The van der Waals surface area contributed by atoms with E-state index in [1.807, 2.05) is 12.3 Å². The fraction of sp³-hybridized carbons (Fsp3) is 0.333. The number of aromatic nitrogens is 2. The van der Waals surface area contributed by atoms with Crippen molar-refractivity contribution in [3.8, 4) is 33.6 Å². The van der Waals surface area contributed by atoms with Crippen LogP contribution in [0, 0.1) is 31.9 Å². The molecule has 2 aliphatic rings. The van der Waals surface area contributed by atoms with Crippen molar-refractivity contribution in [3.63, 3.8) is 0 Å². The van der Waals surface area contributed by atoms with Crippen molar-refractivity contribution in [2.24, 2.45) is 5.92 Å². The summed E-state index contributed by atoms with van der Waals surface area (Å²) < 4.78 is 7.71. The van der Waals surface area contributed by atoms with Crippen LogP contribution in [-0.2, 0) is 26.5 Å². The van der Waals surface area contributed by atoms with Gasteiger partial charge < -0.3 is 9.40 Å². The maximum Gasteiger partial charge on any atom is 0 e. The number of fused-ring (bicyclic) bond motifs is 3. The molecule has 289 valence electrons. The van der Waals surface area contributed by atoms with Crippen LogP contribution in [0.3, 0.4) is 0 Å². The first-order chi connectivity index (χ1) is 26.7. The fourth-order valence-corrected chi connectivity index (χ4v) is 11.0. The molecule has 0 atom stereocenters. The van der Waals surface area contributed by atoms with Crippen LogP contribution in [0.25, 0.3) is 55.6 Å². The minimum absolute atomic E-state index is 0. The average molecular weight is 976 g/mol. The largest absolute Gasteiger partial charge is 0 e. The Labute approximate surface area is 350 Å². The van der Waals surface area contributed by atoms with Gasteiger partial charge in [0.1, 0.15) is 5.58 Å². The van der Waals surface area contributed by atoms with Crippen LogP contribution in [-0.4, -0.2) is 23.2 Å². The van der Waals surface area contributed by atoms with Gasteiger partial charge in [0.05, 0.1) is 5.58 Å². The number of pyridine rings is 2. The minimum Gasteiger partial charge on any atom is 0 e. The molecule has 4 aromatic carbocycles. The second-order valence-corrected chi connectivity index (χ2v) is 27.8. The Hall–Kier alpha value is -3.83. The molecule has 3 nitrogen and oxygen atoms in total. The zero-order chi connectivity index (χ0) is 37.9. The number of hydrogen-bond acceptors (Lipinski definition) is 3. The second kappa shape index (κ2) is 17.8. The van der Waals surface area contributed by atoms with Gasteiger partial charge in [0.2, 0.25) is 0 Å². The minimum atomic E-state index is -1.76. The molecule has 0 amide bonds. The summed E-state index contributed by atoms with van der Waals surface area (Å²) in [5, 5.41) is 2.26. The number of hydrogen-bond donors (Lipinski definition) is 0. The van der Waals surface area contributed by atoms with Crippen molar-refractivity contribution in [2.45, 2.75) is 101 Å². The first-order valence-corrected chi connectivity index (χ1v) is 27.9.